The van der Waals surface area contributed by atoms with Crippen molar-refractivity contribution < 1.29 is 4.39 Å². The number of hydrogen-bond acceptors (Lipinski definition) is 0. The van der Waals surface area contributed by atoms with E-state index in [1.807, 2.05) is 12.1 Å². The SMILES string of the molecule is Cc1cc(C(Cl)C2Cc3ccccc3C2)cc(C)c1F. The van der Waals surface area contributed by atoms with Gasteiger partial charge in [0.25, 0.3) is 0 Å². The molecule has 0 radical (unpaired) electrons. The van der Waals surface area contributed by atoms with Gasteiger partial charge in [0.1, 0.15) is 5.82 Å². The van der Waals surface area contributed by atoms with E-state index in [2.05, 4.69) is 24.3 Å². The molecule has 2 aromatic rings. The summed E-state index contributed by atoms with van der Waals surface area (Å²) in [4.78, 5) is 0. The van der Waals surface area contributed by atoms with Gasteiger partial charge in [0.2, 0.25) is 0 Å². The van der Waals surface area contributed by atoms with E-state index in [9.17, 15) is 4.39 Å². The Morgan fingerprint density at radius 2 is 1.55 bits per heavy atom. The van der Waals surface area contributed by atoms with Crippen molar-refractivity contribution in [2.24, 2.45) is 5.92 Å². The van der Waals surface area contributed by atoms with Crippen molar-refractivity contribution in [3.8, 4) is 0 Å². The van der Waals surface area contributed by atoms with E-state index < -0.39 is 0 Å². The van der Waals surface area contributed by atoms with Gasteiger partial charge in [-0.1, -0.05) is 36.4 Å². The third-order valence-electron chi connectivity index (χ3n) is 4.27. The smallest absolute Gasteiger partial charge is 0.129 e. The summed E-state index contributed by atoms with van der Waals surface area (Å²) >= 11 is 6.68. The first kappa shape index (κ1) is 13.6. The molecule has 1 aliphatic rings. The molecule has 0 bridgehead atoms. The van der Waals surface area contributed by atoms with Crippen LogP contribution >= 0.6 is 11.6 Å². The zero-order valence-corrected chi connectivity index (χ0v) is 12.5. The zero-order chi connectivity index (χ0) is 14.3. The van der Waals surface area contributed by atoms with Crippen molar-refractivity contribution in [2.75, 3.05) is 0 Å². The fourth-order valence-corrected chi connectivity index (χ4v) is 3.51. The molecule has 0 amide bonds. The molecule has 1 unspecified atom stereocenters. The molecular formula is C18H18ClF. The maximum Gasteiger partial charge on any atom is 0.129 e. The molecule has 3 rings (SSSR count). The Morgan fingerprint density at radius 1 is 1.05 bits per heavy atom. The minimum absolute atomic E-state index is 0.0552. The van der Waals surface area contributed by atoms with E-state index in [1.54, 1.807) is 13.8 Å². The van der Waals surface area contributed by atoms with Gasteiger partial charge in [0.15, 0.2) is 0 Å². The van der Waals surface area contributed by atoms with E-state index in [-0.39, 0.29) is 11.2 Å². The fraction of sp³-hybridized carbons (Fsp3) is 0.333. The van der Waals surface area contributed by atoms with E-state index in [1.165, 1.54) is 11.1 Å². The van der Waals surface area contributed by atoms with Crippen LogP contribution in [-0.4, -0.2) is 0 Å². The van der Waals surface area contributed by atoms with Gasteiger partial charge in [-0.25, -0.2) is 4.39 Å². The van der Waals surface area contributed by atoms with Crippen LogP contribution in [0, 0.1) is 25.6 Å². The van der Waals surface area contributed by atoms with Crippen molar-refractivity contribution in [1.29, 1.82) is 0 Å². The first-order chi connectivity index (χ1) is 9.56. The molecule has 2 heteroatoms. The van der Waals surface area contributed by atoms with Crippen LogP contribution in [0.1, 0.15) is 33.2 Å². The van der Waals surface area contributed by atoms with E-state index in [4.69, 9.17) is 11.6 Å². The summed E-state index contributed by atoms with van der Waals surface area (Å²) < 4.78 is 13.7. The van der Waals surface area contributed by atoms with Crippen LogP contribution in [0.2, 0.25) is 0 Å². The topological polar surface area (TPSA) is 0 Å². The summed E-state index contributed by atoms with van der Waals surface area (Å²) in [7, 11) is 0. The standard InChI is InChI=1S/C18H18ClF/c1-11-7-15(8-12(2)18(11)20)17(19)16-9-13-5-3-4-6-14(13)10-16/h3-8,16-17H,9-10H2,1-2H3. The first-order valence-electron chi connectivity index (χ1n) is 7.03. The van der Waals surface area contributed by atoms with Crippen LogP contribution in [0.3, 0.4) is 0 Å². The van der Waals surface area contributed by atoms with Crippen LogP contribution in [0.5, 0.6) is 0 Å². The van der Waals surface area contributed by atoms with Gasteiger partial charge >= 0.3 is 0 Å². The first-order valence-corrected chi connectivity index (χ1v) is 7.47. The lowest BCUT2D eigenvalue weighted by Crippen LogP contribution is -2.09. The summed E-state index contributed by atoms with van der Waals surface area (Å²) in [5.74, 6) is 0.283. The van der Waals surface area contributed by atoms with Crippen molar-refractivity contribution in [1.82, 2.24) is 0 Å². The molecule has 0 saturated heterocycles. The highest BCUT2D eigenvalue weighted by molar-refractivity contribution is 6.21. The molecule has 0 aliphatic heterocycles. The van der Waals surface area contributed by atoms with E-state index in [0.29, 0.717) is 17.0 Å². The van der Waals surface area contributed by atoms with Gasteiger partial charge in [-0.05, 0) is 60.4 Å². The maximum absolute atomic E-state index is 13.7. The quantitative estimate of drug-likeness (QED) is 0.672. The van der Waals surface area contributed by atoms with Crippen molar-refractivity contribution in [3.63, 3.8) is 0 Å². The highest BCUT2D eigenvalue weighted by Crippen LogP contribution is 2.39. The summed E-state index contributed by atoms with van der Waals surface area (Å²) in [5, 5.41) is -0.0552. The zero-order valence-electron chi connectivity index (χ0n) is 11.8. The predicted molar refractivity (Wildman–Crippen MR) is 81.8 cm³/mol. The van der Waals surface area contributed by atoms with Gasteiger partial charge in [-0.3, -0.25) is 0 Å². The van der Waals surface area contributed by atoms with Crippen LogP contribution in [0.25, 0.3) is 0 Å². The van der Waals surface area contributed by atoms with Crippen LogP contribution in [0.15, 0.2) is 36.4 Å². The van der Waals surface area contributed by atoms with Gasteiger partial charge < -0.3 is 0 Å². The Bertz CT molecular complexity index is 600. The lowest BCUT2D eigenvalue weighted by Gasteiger charge is -2.18. The molecule has 0 nitrogen and oxygen atoms in total. The minimum Gasteiger partial charge on any atom is -0.206 e. The average Bonchev–Trinajstić information content (AvgIpc) is 2.87. The van der Waals surface area contributed by atoms with E-state index >= 15 is 0 Å². The van der Waals surface area contributed by atoms with Crippen molar-refractivity contribution in [2.45, 2.75) is 32.1 Å². The molecule has 104 valence electrons. The summed E-state index contributed by atoms with van der Waals surface area (Å²) in [6.45, 7) is 3.61. The summed E-state index contributed by atoms with van der Waals surface area (Å²) in [5.41, 5.74) is 5.21. The molecule has 0 saturated carbocycles. The second kappa shape index (κ2) is 5.21. The predicted octanol–water partition coefficient (Wildman–Crippen LogP) is 5.14. The molecule has 0 N–H and O–H groups in total. The maximum atomic E-state index is 13.7. The van der Waals surface area contributed by atoms with Crippen molar-refractivity contribution >= 4 is 11.6 Å². The normalized spacial score (nSPS) is 16.2. The summed E-state index contributed by atoms with van der Waals surface area (Å²) in [6.07, 6.45) is 2.03. The Morgan fingerprint density at radius 3 is 2.05 bits per heavy atom. The van der Waals surface area contributed by atoms with Crippen LogP contribution in [-0.2, 0) is 12.8 Å². The molecule has 0 spiro atoms. The van der Waals surface area contributed by atoms with Crippen LogP contribution in [0.4, 0.5) is 4.39 Å². The lowest BCUT2D eigenvalue weighted by atomic mass is 9.93. The van der Waals surface area contributed by atoms with Gasteiger partial charge in [-0.2, -0.15) is 0 Å². The molecule has 1 aliphatic carbocycles. The number of fused-ring (bicyclic) bond motifs is 1. The van der Waals surface area contributed by atoms with Crippen molar-refractivity contribution in [3.05, 3.63) is 70.0 Å². The second-order valence-corrected chi connectivity index (χ2v) is 6.28. The van der Waals surface area contributed by atoms with Gasteiger partial charge in [0, 0.05) is 0 Å². The number of benzene rings is 2. The highest BCUT2D eigenvalue weighted by atomic mass is 35.5. The largest absolute Gasteiger partial charge is 0.206 e. The molecule has 2 aromatic carbocycles. The average molecular weight is 289 g/mol. The third kappa shape index (κ3) is 2.35. The number of aryl methyl sites for hydroxylation is 2. The highest BCUT2D eigenvalue weighted by Gasteiger charge is 2.28. The molecule has 0 fully saturated rings. The molecule has 1 atom stereocenters. The lowest BCUT2D eigenvalue weighted by molar-refractivity contribution is 0.538. The number of hydrogen-bond donors (Lipinski definition) is 0. The minimum atomic E-state index is -0.118. The number of alkyl halides is 1. The summed E-state index contributed by atoms with van der Waals surface area (Å²) in [6, 6.07) is 12.3. The molecule has 0 heterocycles. The monoisotopic (exact) mass is 288 g/mol. The Kier molecular flexibility index (Phi) is 3.55. The number of rotatable bonds is 2. The number of halogens is 2. The van der Waals surface area contributed by atoms with Crippen LogP contribution < -0.4 is 0 Å². The molecule has 0 aromatic heterocycles. The van der Waals surface area contributed by atoms with Gasteiger partial charge in [0.05, 0.1) is 5.38 Å². The Balaban J connectivity index is 1.86. The van der Waals surface area contributed by atoms with Gasteiger partial charge in [-0.15, -0.1) is 11.6 Å². The Labute approximate surface area is 124 Å². The molecular weight excluding hydrogens is 271 g/mol. The second-order valence-electron chi connectivity index (χ2n) is 5.81. The third-order valence-corrected chi connectivity index (χ3v) is 4.88. The molecule has 20 heavy (non-hydrogen) atoms. The van der Waals surface area contributed by atoms with E-state index in [0.717, 1.165) is 18.4 Å². The Hall–Kier alpha value is -1.34. The fourth-order valence-electron chi connectivity index (χ4n) is 3.21.